The van der Waals surface area contributed by atoms with Gasteiger partial charge in [-0.3, -0.25) is 10.1 Å². The second-order valence-electron chi connectivity index (χ2n) is 4.06. The Morgan fingerprint density at radius 3 is 2.96 bits per heavy atom. The SMILES string of the molecule is COC(=O)/C=C1/S/C(=N\N=Cc2cc(Br)c(O)cc2F)NC1=O. The minimum atomic E-state index is -0.677. The number of carbonyl (C=O) groups excluding carboxylic acids is 2. The largest absolute Gasteiger partial charge is 0.507 e. The highest BCUT2D eigenvalue weighted by molar-refractivity contribution is 9.10. The van der Waals surface area contributed by atoms with Crippen LogP contribution >= 0.6 is 27.7 Å². The summed E-state index contributed by atoms with van der Waals surface area (Å²) in [5.41, 5.74) is 0.0960. The Labute approximate surface area is 142 Å². The summed E-state index contributed by atoms with van der Waals surface area (Å²) in [6, 6.07) is 2.26. The van der Waals surface area contributed by atoms with Gasteiger partial charge in [0.1, 0.15) is 11.6 Å². The number of amidine groups is 1. The maximum atomic E-state index is 13.6. The van der Waals surface area contributed by atoms with Crippen molar-refractivity contribution in [2.24, 2.45) is 10.2 Å². The summed E-state index contributed by atoms with van der Waals surface area (Å²) in [7, 11) is 1.19. The quantitative estimate of drug-likeness (QED) is 0.348. The topological polar surface area (TPSA) is 100 Å². The van der Waals surface area contributed by atoms with Gasteiger partial charge in [-0.2, -0.15) is 5.10 Å². The number of rotatable bonds is 3. The summed E-state index contributed by atoms with van der Waals surface area (Å²) in [6.07, 6.45) is 2.16. The molecular weight excluding hydrogens is 393 g/mol. The van der Waals surface area contributed by atoms with Gasteiger partial charge in [-0.1, -0.05) is 0 Å². The molecule has 7 nitrogen and oxygen atoms in total. The smallest absolute Gasteiger partial charge is 0.331 e. The number of phenols is 1. The number of halogens is 2. The summed E-state index contributed by atoms with van der Waals surface area (Å²) >= 11 is 3.96. The zero-order valence-corrected chi connectivity index (χ0v) is 13.9. The van der Waals surface area contributed by atoms with E-state index < -0.39 is 17.7 Å². The predicted molar refractivity (Wildman–Crippen MR) is 86.6 cm³/mol. The molecule has 0 unspecified atom stereocenters. The van der Waals surface area contributed by atoms with E-state index in [0.717, 1.165) is 30.1 Å². The number of carbonyl (C=O) groups is 2. The second kappa shape index (κ2) is 7.38. The molecule has 0 radical (unpaired) electrons. The van der Waals surface area contributed by atoms with Crippen LogP contribution in [-0.2, 0) is 14.3 Å². The molecule has 0 aliphatic carbocycles. The molecule has 1 heterocycles. The molecule has 23 heavy (non-hydrogen) atoms. The third-order valence-corrected chi connectivity index (χ3v) is 4.05. The third-order valence-electron chi connectivity index (χ3n) is 2.51. The van der Waals surface area contributed by atoms with Crippen LogP contribution in [-0.4, -0.2) is 35.5 Å². The van der Waals surface area contributed by atoms with Crippen molar-refractivity contribution in [1.29, 1.82) is 0 Å². The van der Waals surface area contributed by atoms with Crippen LogP contribution in [0.25, 0.3) is 0 Å². The number of thioether (sulfide) groups is 1. The first-order valence-corrected chi connectivity index (χ1v) is 7.59. The fourth-order valence-corrected chi connectivity index (χ4v) is 2.54. The van der Waals surface area contributed by atoms with Crippen molar-refractivity contribution in [2.45, 2.75) is 0 Å². The lowest BCUT2D eigenvalue weighted by atomic mass is 10.2. The number of amides is 1. The monoisotopic (exact) mass is 401 g/mol. The van der Waals surface area contributed by atoms with Crippen molar-refractivity contribution >= 4 is 51.0 Å². The van der Waals surface area contributed by atoms with E-state index in [4.69, 9.17) is 0 Å². The van der Waals surface area contributed by atoms with Crippen molar-refractivity contribution in [3.8, 4) is 5.75 Å². The molecule has 2 rings (SSSR count). The van der Waals surface area contributed by atoms with E-state index in [1.165, 1.54) is 13.2 Å². The van der Waals surface area contributed by atoms with Crippen molar-refractivity contribution in [1.82, 2.24) is 5.32 Å². The van der Waals surface area contributed by atoms with Gasteiger partial charge in [0.25, 0.3) is 5.91 Å². The van der Waals surface area contributed by atoms with Crippen molar-refractivity contribution in [2.75, 3.05) is 7.11 Å². The highest BCUT2D eigenvalue weighted by atomic mass is 79.9. The molecule has 1 aromatic carbocycles. The van der Waals surface area contributed by atoms with E-state index in [1.54, 1.807) is 0 Å². The molecule has 0 spiro atoms. The van der Waals surface area contributed by atoms with Crippen LogP contribution in [0.2, 0.25) is 0 Å². The molecule has 0 saturated carbocycles. The maximum absolute atomic E-state index is 13.6. The summed E-state index contributed by atoms with van der Waals surface area (Å²) in [5, 5.41) is 19.2. The van der Waals surface area contributed by atoms with Crippen LogP contribution in [0, 0.1) is 5.82 Å². The first-order valence-electron chi connectivity index (χ1n) is 5.98. The van der Waals surface area contributed by atoms with Gasteiger partial charge in [-0.15, -0.1) is 5.10 Å². The molecular formula is C13H9BrFN3O4S. The average Bonchev–Trinajstić information content (AvgIpc) is 2.84. The molecule has 2 N–H and O–H groups in total. The van der Waals surface area contributed by atoms with E-state index >= 15 is 0 Å². The zero-order chi connectivity index (χ0) is 17.0. The fraction of sp³-hybridized carbons (Fsp3) is 0.0769. The number of ether oxygens (including phenoxy) is 1. The Kier molecular flexibility index (Phi) is 5.50. The van der Waals surface area contributed by atoms with E-state index in [0.29, 0.717) is 4.47 Å². The second-order valence-corrected chi connectivity index (χ2v) is 5.95. The Morgan fingerprint density at radius 2 is 2.26 bits per heavy atom. The number of benzene rings is 1. The van der Waals surface area contributed by atoms with Crippen LogP contribution in [0.1, 0.15) is 5.56 Å². The Bertz CT molecular complexity index is 764. The molecule has 1 aromatic rings. The van der Waals surface area contributed by atoms with Gasteiger partial charge in [-0.05, 0) is 33.8 Å². The average molecular weight is 402 g/mol. The van der Waals surface area contributed by atoms with Gasteiger partial charge >= 0.3 is 5.97 Å². The molecule has 1 aliphatic rings. The molecule has 0 bridgehead atoms. The molecule has 1 amide bonds. The number of hydrogen-bond donors (Lipinski definition) is 2. The molecule has 1 aliphatic heterocycles. The Hall–Kier alpha value is -2.20. The number of phenolic OH excluding ortho intramolecular Hbond substituents is 1. The Morgan fingerprint density at radius 1 is 1.52 bits per heavy atom. The summed E-state index contributed by atoms with van der Waals surface area (Å²) in [5.74, 6) is -2.08. The fourth-order valence-electron chi connectivity index (χ4n) is 1.44. The highest BCUT2D eigenvalue weighted by Gasteiger charge is 2.25. The van der Waals surface area contributed by atoms with Gasteiger partial charge < -0.3 is 9.84 Å². The predicted octanol–water partition coefficient (Wildman–Crippen LogP) is 1.90. The van der Waals surface area contributed by atoms with Gasteiger partial charge in [0.05, 0.1) is 22.7 Å². The highest BCUT2D eigenvalue weighted by Crippen LogP contribution is 2.26. The summed E-state index contributed by atoms with van der Waals surface area (Å²) < 4.78 is 18.3. The standard InChI is InChI=1S/C13H9BrFN3O4S/c1-22-11(20)4-10-12(21)17-13(23-10)18-16-5-6-2-7(14)9(19)3-8(6)15/h2-5,19H,1H3,(H,17,18,21)/b10-4+,16-5?. The number of nitrogens with one attached hydrogen (secondary N) is 1. The van der Waals surface area contributed by atoms with Crippen LogP contribution in [0.3, 0.4) is 0 Å². The van der Waals surface area contributed by atoms with E-state index in [-0.39, 0.29) is 21.4 Å². The number of methoxy groups -OCH3 is 1. The van der Waals surface area contributed by atoms with Crippen molar-refractivity contribution in [3.63, 3.8) is 0 Å². The lowest BCUT2D eigenvalue weighted by Gasteiger charge is -1.99. The number of nitrogens with zero attached hydrogens (tertiary/aromatic N) is 2. The van der Waals surface area contributed by atoms with Gasteiger partial charge in [0.2, 0.25) is 0 Å². The number of esters is 1. The molecule has 0 atom stereocenters. The van der Waals surface area contributed by atoms with Crippen LogP contribution < -0.4 is 5.32 Å². The molecule has 120 valence electrons. The van der Waals surface area contributed by atoms with Crippen molar-refractivity contribution in [3.05, 3.63) is 39.0 Å². The van der Waals surface area contributed by atoms with Gasteiger partial charge in [0.15, 0.2) is 5.17 Å². The molecule has 1 saturated heterocycles. The summed E-state index contributed by atoms with van der Waals surface area (Å²) in [4.78, 5) is 22.8. The Balaban J connectivity index is 2.13. The lowest BCUT2D eigenvalue weighted by Crippen LogP contribution is -2.19. The summed E-state index contributed by atoms with van der Waals surface area (Å²) in [6.45, 7) is 0. The van der Waals surface area contributed by atoms with E-state index in [1.807, 2.05) is 0 Å². The molecule has 10 heteroatoms. The first kappa shape index (κ1) is 17.2. The number of aromatic hydroxyl groups is 1. The van der Waals surface area contributed by atoms with Gasteiger partial charge in [0, 0.05) is 17.7 Å². The minimum absolute atomic E-state index is 0.0960. The van der Waals surface area contributed by atoms with E-state index in [2.05, 4.69) is 36.2 Å². The van der Waals surface area contributed by atoms with Crippen LogP contribution in [0.4, 0.5) is 4.39 Å². The van der Waals surface area contributed by atoms with Crippen molar-refractivity contribution < 1.29 is 23.8 Å². The third kappa shape index (κ3) is 4.39. The van der Waals surface area contributed by atoms with Crippen LogP contribution in [0.5, 0.6) is 5.75 Å². The van der Waals surface area contributed by atoms with Gasteiger partial charge in [-0.25, -0.2) is 9.18 Å². The molecule has 1 fully saturated rings. The van der Waals surface area contributed by atoms with E-state index in [9.17, 15) is 19.1 Å². The minimum Gasteiger partial charge on any atom is -0.507 e. The maximum Gasteiger partial charge on any atom is 0.331 e. The van der Waals surface area contributed by atoms with Crippen LogP contribution in [0.15, 0.2) is 37.8 Å². The molecule has 0 aromatic heterocycles. The zero-order valence-electron chi connectivity index (χ0n) is 11.5. The lowest BCUT2D eigenvalue weighted by molar-refractivity contribution is -0.135. The number of hydrogen-bond acceptors (Lipinski definition) is 7. The normalized spacial score (nSPS) is 18.0. The first-order chi connectivity index (χ1) is 10.9.